The molecule has 12 nitrogen and oxygen atoms in total. The number of aromatic amines is 1. The van der Waals surface area contributed by atoms with E-state index in [-0.39, 0.29) is 41.4 Å². The molecule has 1 amide bonds. The maximum absolute atomic E-state index is 13.1. The number of Topliss-reactive ketones (excluding diaryl/α,β-unsaturated/α-hetero) is 1. The van der Waals surface area contributed by atoms with Gasteiger partial charge in [-0.3, -0.25) is 14.7 Å². The van der Waals surface area contributed by atoms with E-state index in [0.29, 0.717) is 42.5 Å². The van der Waals surface area contributed by atoms with Crippen molar-refractivity contribution in [2.45, 2.75) is 31.7 Å². The van der Waals surface area contributed by atoms with Crippen molar-refractivity contribution in [1.82, 2.24) is 24.8 Å². The van der Waals surface area contributed by atoms with Gasteiger partial charge in [-0.25, -0.2) is 12.9 Å². The zero-order chi connectivity index (χ0) is 23.2. The summed E-state index contributed by atoms with van der Waals surface area (Å²) in [7, 11) is -3.03. The van der Waals surface area contributed by atoms with Crippen molar-refractivity contribution in [3.63, 3.8) is 0 Å². The van der Waals surface area contributed by atoms with E-state index in [2.05, 4.69) is 25.6 Å². The standard InChI is InChI=1S/C20H24N8O4S/c21-18(30)13-10-17(25-24-13)22-19-15-4-2-7-28(15)26-20(23-19)27-6-1-3-14(27)16(29)9-12-5-8-33(31,32)11-12/h2,4,7,10,12,14H,1,3,5-6,8-9,11H2,(H2,21,30)(H2,22,23,24,25,26)/t12?,14-/m0/s1. The first kappa shape index (κ1) is 21.4. The van der Waals surface area contributed by atoms with E-state index in [1.165, 1.54) is 6.07 Å². The number of anilines is 3. The van der Waals surface area contributed by atoms with Gasteiger partial charge in [-0.05, 0) is 37.3 Å². The monoisotopic (exact) mass is 472 g/mol. The molecule has 13 heteroatoms. The Kier molecular flexibility index (Phi) is 5.27. The van der Waals surface area contributed by atoms with Crippen LogP contribution in [0.15, 0.2) is 24.4 Å². The van der Waals surface area contributed by atoms with E-state index < -0.39 is 15.7 Å². The van der Waals surface area contributed by atoms with E-state index in [1.807, 2.05) is 17.0 Å². The molecule has 0 saturated carbocycles. The average molecular weight is 473 g/mol. The van der Waals surface area contributed by atoms with Gasteiger partial charge in [-0.1, -0.05) is 0 Å². The van der Waals surface area contributed by atoms with Gasteiger partial charge >= 0.3 is 0 Å². The molecule has 2 aliphatic rings. The highest BCUT2D eigenvalue weighted by Crippen LogP contribution is 2.30. The van der Waals surface area contributed by atoms with Crippen LogP contribution < -0.4 is 16.0 Å². The van der Waals surface area contributed by atoms with Gasteiger partial charge in [0, 0.05) is 25.2 Å². The fourth-order valence-corrected chi connectivity index (χ4v) is 6.43. The number of nitrogens with two attached hydrogens (primary N) is 1. The third kappa shape index (κ3) is 4.27. The molecule has 5 rings (SSSR count). The summed E-state index contributed by atoms with van der Waals surface area (Å²) in [6.07, 6.45) is 4.06. The number of carbonyl (C=O) groups is 2. The zero-order valence-corrected chi connectivity index (χ0v) is 18.6. The SMILES string of the molecule is NC(=O)c1cc(Nc2nc(N3CCC[C@H]3C(=O)CC3CCS(=O)(=O)C3)nn3cccc23)n[nH]1. The van der Waals surface area contributed by atoms with Gasteiger partial charge in [0.15, 0.2) is 27.3 Å². The number of hydrogen-bond donors (Lipinski definition) is 3. The van der Waals surface area contributed by atoms with Gasteiger partial charge in [0.05, 0.1) is 17.5 Å². The van der Waals surface area contributed by atoms with Crippen molar-refractivity contribution >= 4 is 44.6 Å². The van der Waals surface area contributed by atoms with Crippen molar-refractivity contribution < 1.29 is 18.0 Å². The van der Waals surface area contributed by atoms with Crippen LogP contribution in [0.2, 0.25) is 0 Å². The number of primary amides is 1. The highest BCUT2D eigenvalue weighted by atomic mass is 32.2. The summed E-state index contributed by atoms with van der Waals surface area (Å²) in [6, 6.07) is 4.76. The lowest BCUT2D eigenvalue weighted by molar-refractivity contribution is -0.120. The molecule has 174 valence electrons. The van der Waals surface area contributed by atoms with Gasteiger partial charge in [0.2, 0.25) is 5.95 Å². The van der Waals surface area contributed by atoms with Crippen LogP contribution >= 0.6 is 0 Å². The van der Waals surface area contributed by atoms with Crippen LogP contribution in [-0.2, 0) is 14.6 Å². The summed E-state index contributed by atoms with van der Waals surface area (Å²) in [5, 5.41) is 14.3. The first-order valence-electron chi connectivity index (χ1n) is 10.8. The van der Waals surface area contributed by atoms with Gasteiger partial charge < -0.3 is 16.0 Å². The minimum Gasteiger partial charge on any atom is -0.364 e. The Morgan fingerprint density at radius 1 is 1.30 bits per heavy atom. The number of rotatable bonds is 7. The molecule has 2 atom stereocenters. The number of ketones is 1. The fraction of sp³-hybridized carbons (Fsp3) is 0.450. The molecule has 2 aliphatic heterocycles. The fourth-order valence-electron chi connectivity index (χ4n) is 4.56. The predicted molar refractivity (Wildman–Crippen MR) is 120 cm³/mol. The summed E-state index contributed by atoms with van der Waals surface area (Å²) in [6.45, 7) is 0.625. The summed E-state index contributed by atoms with van der Waals surface area (Å²) < 4.78 is 25.2. The smallest absolute Gasteiger partial charge is 0.266 e. The molecule has 0 spiro atoms. The highest BCUT2D eigenvalue weighted by Gasteiger charge is 2.36. The lowest BCUT2D eigenvalue weighted by atomic mass is 9.97. The van der Waals surface area contributed by atoms with Crippen molar-refractivity contribution in [3.05, 3.63) is 30.1 Å². The van der Waals surface area contributed by atoms with Crippen LogP contribution in [0.4, 0.5) is 17.6 Å². The molecular weight excluding hydrogens is 448 g/mol. The van der Waals surface area contributed by atoms with Crippen LogP contribution in [0.1, 0.15) is 36.2 Å². The number of fused-ring (bicyclic) bond motifs is 1. The molecule has 0 aromatic carbocycles. The minimum absolute atomic E-state index is 0.0266. The number of carbonyl (C=O) groups excluding carboxylic acids is 2. The molecule has 4 N–H and O–H groups in total. The largest absolute Gasteiger partial charge is 0.364 e. The highest BCUT2D eigenvalue weighted by molar-refractivity contribution is 7.91. The number of amides is 1. The maximum Gasteiger partial charge on any atom is 0.266 e. The van der Waals surface area contributed by atoms with Crippen LogP contribution in [-0.4, -0.2) is 69.0 Å². The second kappa shape index (κ2) is 8.14. The molecule has 0 radical (unpaired) electrons. The Morgan fingerprint density at radius 2 is 2.15 bits per heavy atom. The molecule has 2 saturated heterocycles. The average Bonchev–Trinajstić information content (AvgIpc) is 3.54. The molecule has 3 aromatic rings. The van der Waals surface area contributed by atoms with Crippen molar-refractivity contribution in [3.8, 4) is 0 Å². The van der Waals surface area contributed by atoms with Gasteiger partial charge in [0.25, 0.3) is 5.91 Å². The summed E-state index contributed by atoms with van der Waals surface area (Å²) >= 11 is 0. The Balaban J connectivity index is 1.40. The van der Waals surface area contributed by atoms with Crippen LogP contribution in [0.5, 0.6) is 0 Å². The van der Waals surface area contributed by atoms with Gasteiger partial charge in [-0.2, -0.15) is 10.1 Å². The Morgan fingerprint density at radius 3 is 2.88 bits per heavy atom. The second-order valence-corrected chi connectivity index (χ2v) is 10.8. The first-order valence-corrected chi connectivity index (χ1v) is 12.6. The lowest BCUT2D eigenvalue weighted by Crippen LogP contribution is -2.38. The van der Waals surface area contributed by atoms with Gasteiger partial charge in [0.1, 0.15) is 11.2 Å². The van der Waals surface area contributed by atoms with E-state index in [1.54, 1.807) is 10.7 Å². The summed E-state index contributed by atoms with van der Waals surface area (Å²) in [5.74, 6) is 0.754. The van der Waals surface area contributed by atoms with E-state index in [4.69, 9.17) is 5.73 Å². The quantitative estimate of drug-likeness (QED) is 0.447. The third-order valence-corrected chi connectivity index (χ3v) is 8.00. The van der Waals surface area contributed by atoms with Crippen molar-refractivity contribution in [1.29, 1.82) is 0 Å². The van der Waals surface area contributed by atoms with E-state index in [9.17, 15) is 18.0 Å². The number of nitrogens with zero attached hydrogens (tertiary/aromatic N) is 5. The second-order valence-electron chi connectivity index (χ2n) is 8.55. The number of nitrogens with one attached hydrogen (secondary N) is 2. The number of sulfone groups is 1. The summed E-state index contributed by atoms with van der Waals surface area (Å²) in [4.78, 5) is 31.0. The third-order valence-electron chi connectivity index (χ3n) is 6.17. The summed E-state index contributed by atoms with van der Waals surface area (Å²) in [5.41, 5.74) is 6.14. The van der Waals surface area contributed by atoms with E-state index in [0.717, 1.165) is 6.42 Å². The van der Waals surface area contributed by atoms with Crippen LogP contribution in [0.3, 0.4) is 0 Å². The van der Waals surface area contributed by atoms with Crippen LogP contribution in [0.25, 0.3) is 5.52 Å². The Bertz CT molecular complexity index is 1330. The molecular formula is C20H24N8O4S. The van der Waals surface area contributed by atoms with Crippen molar-refractivity contribution in [2.24, 2.45) is 11.7 Å². The topological polar surface area (TPSA) is 168 Å². The first-order chi connectivity index (χ1) is 15.8. The number of aromatic nitrogens is 5. The molecule has 3 aromatic heterocycles. The minimum atomic E-state index is -3.03. The van der Waals surface area contributed by atoms with Crippen LogP contribution in [0, 0.1) is 5.92 Å². The normalized spacial score (nSPS) is 22.1. The van der Waals surface area contributed by atoms with Crippen molar-refractivity contribution in [2.75, 3.05) is 28.3 Å². The molecule has 1 unspecified atom stereocenters. The maximum atomic E-state index is 13.1. The Hall–Kier alpha value is -3.48. The number of hydrogen-bond acceptors (Lipinski definition) is 9. The number of H-pyrrole nitrogens is 1. The molecule has 5 heterocycles. The van der Waals surface area contributed by atoms with E-state index >= 15 is 0 Å². The Labute approximate surface area is 189 Å². The molecule has 0 bridgehead atoms. The predicted octanol–water partition coefficient (Wildman–Crippen LogP) is 0.658. The molecule has 0 aliphatic carbocycles. The molecule has 33 heavy (non-hydrogen) atoms. The molecule has 2 fully saturated rings. The lowest BCUT2D eigenvalue weighted by Gasteiger charge is -2.25. The van der Waals surface area contributed by atoms with Gasteiger partial charge in [-0.15, -0.1) is 5.10 Å². The zero-order valence-electron chi connectivity index (χ0n) is 17.8.